The molecule has 162 valence electrons. The molecule has 0 aliphatic carbocycles. The van der Waals surface area contributed by atoms with Gasteiger partial charge in [-0.1, -0.05) is 18.7 Å². The zero-order chi connectivity index (χ0) is 21.6. The lowest BCUT2D eigenvalue weighted by molar-refractivity contribution is -0.122. The molecule has 1 fully saturated rings. The van der Waals surface area contributed by atoms with Gasteiger partial charge in [-0.3, -0.25) is 9.59 Å². The zero-order valence-electron chi connectivity index (χ0n) is 17.1. The smallest absolute Gasteiger partial charge is 0.240 e. The van der Waals surface area contributed by atoms with Crippen LogP contribution in [0.1, 0.15) is 19.8 Å². The first kappa shape index (κ1) is 21.0. The van der Waals surface area contributed by atoms with Crippen LogP contribution in [0.3, 0.4) is 0 Å². The standard InChI is InChI=1S/C22H23N3O5S/c1-2-9-28-16-6-3-14(4-7-16)23-20(26)13-19-21(27)25-22(31-19)24-15-5-8-17-18(12-15)30-11-10-29-17/h3-8,12,19H,2,9-11,13H2,1H3,(H,23,26)(H,24,25,27)/t19-/m0/s1. The van der Waals surface area contributed by atoms with Gasteiger partial charge in [0, 0.05) is 18.2 Å². The molecule has 2 heterocycles. The molecule has 9 heteroatoms. The summed E-state index contributed by atoms with van der Waals surface area (Å²) in [4.78, 5) is 29.1. The van der Waals surface area contributed by atoms with Crippen molar-refractivity contribution in [2.45, 2.75) is 25.0 Å². The van der Waals surface area contributed by atoms with E-state index >= 15 is 0 Å². The Bertz CT molecular complexity index is 993. The van der Waals surface area contributed by atoms with Crippen molar-refractivity contribution in [2.24, 2.45) is 4.99 Å². The molecule has 31 heavy (non-hydrogen) atoms. The second-order valence-corrected chi connectivity index (χ2v) is 8.16. The van der Waals surface area contributed by atoms with Gasteiger partial charge in [-0.2, -0.15) is 0 Å². The van der Waals surface area contributed by atoms with Crippen molar-refractivity contribution in [3.63, 3.8) is 0 Å². The van der Waals surface area contributed by atoms with Crippen LogP contribution in [0.25, 0.3) is 0 Å². The third-order valence-electron chi connectivity index (χ3n) is 4.51. The highest BCUT2D eigenvalue weighted by Gasteiger charge is 2.32. The monoisotopic (exact) mass is 441 g/mol. The largest absolute Gasteiger partial charge is 0.494 e. The van der Waals surface area contributed by atoms with Crippen LogP contribution in [0.4, 0.5) is 11.4 Å². The number of thioether (sulfide) groups is 1. The number of nitrogens with one attached hydrogen (secondary N) is 2. The minimum absolute atomic E-state index is 0.0464. The molecule has 2 aliphatic rings. The van der Waals surface area contributed by atoms with Crippen LogP contribution in [0, 0.1) is 0 Å². The van der Waals surface area contributed by atoms with Crippen molar-refractivity contribution in [1.82, 2.24) is 5.32 Å². The van der Waals surface area contributed by atoms with Gasteiger partial charge < -0.3 is 24.8 Å². The van der Waals surface area contributed by atoms with Crippen molar-refractivity contribution >= 4 is 40.1 Å². The number of nitrogens with zero attached hydrogens (tertiary/aromatic N) is 1. The third kappa shape index (κ3) is 5.49. The quantitative estimate of drug-likeness (QED) is 0.683. The summed E-state index contributed by atoms with van der Waals surface area (Å²) in [6.45, 7) is 3.70. The molecule has 1 saturated heterocycles. The predicted molar refractivity (Wildman–Crippen MR) is 120 cm³/mol. The van der Waals surface area contributed by atoms with Crippen LogP contribution < -0.4 is 24.8 Å². The van der Waals surface area contributed by atoms with E-state index in [9.17, 15) is 9.59 Å². The summed E-state index contributed by atoms with van der Waals surface area (Å²) in [6, 6.07) is 12.5. The summed E-state index contributed by atoms with van der Waals surface area (Å²) in [6.07, 6.45) is 0.976. The highest BCUT2D eigenvalue weighted by molar-refractivity contribution is 8.15. The zero-order valence-corrected chi connectivity index (χ0v) is 17.9. The van der Waals surface area contributed by atoms with Gasteiger partial charge in [0.05, 0.1) is 12.3 Å². The summed E-state index contributed by atoms with van der Waals surface area (Å²) >= 11 is 1.24. The van der Waals surface area contributed by atoms with Crippen molar-refractivity contribution in [1.29, 1.82) is 0 Å². The average molecular weight is 442 g/mol. The van der Waals surface area contributed by atoms with E-state index in [1.165, 1.54) is 11.8 Å². The predicted octanol–water partition coefficient (Wildman–Crippen LogP) is 3.49. The number of carbonyl (C=O) groups is 2. The molecule has 2 amide bonds. The first-order chi connectivity index (χ1) is 15.1. The summed E-state index contributed by atoms with van der Waals surface area (Å²) in [7, 11) is 0. The second kappa shape index (κ2) is 9.74. The Kier molecular flexibility index (Phi) is 6.61. The molecule has 8 nitrogen and oxygen atoms in total. The fourth-order valence-electron chi connectivity index (χ4n) is 3.05. The van der Waals surface area contributed by atoms with Crippen molar-refractivity contribution in [3.05, 3.63) is 42.5 Å². The fourth-order valence-corrected chi connectivity index (χ4v) is 4.03. The Morgan fingerprint density at radius 2 is 1.97 bits per heavy atom. The molecule has 1 atom stereocenters. The van der Waals surface area contributed by atoms with E-state index in [4.69, 9.17) is 14.2 Å². The van der Waals surface area contributed by atoms with Gasteiger partial charge in [0.2, 0.25) is 11.8 Å². The molecular weight excluding hydrogens is 418 g/mol. The first-order valence-electron chi connectivity index (χ1n) is 10.1. The number of rotatable bonds is 7. The number of aliphatic imine (C=N–C) groups is 1. The van der Waals surface area contributed by atoms with E-state index in [1.807, 2.05) is 6.92 Å². The van der Waals surface area contributed by atoms with Gasteiger partial charge in [-0.05, 0) is 42.8 Å². The van der Waals surface area contributed by atoms with Crippen LogP contribution >= 0.6 is 11.8 Å². The van der Waals surface area contributed by atoms with Crippen molar-refractivity contribution < 1.29 is 23.8 Å². The van der Waals surface area contributed by atoms with Crippen molar-refractivity contribution in [3.8, 4) is 17.2 Å². The molecule has 0 saturated carbocycles. The molecule has 2 aromatic rings. The number of hydrogen-bond donors (Lipinski definition) is 2. The number of benzene rings is 2. The lowest BCUT2D eigenvalue weighted by Crippen LogP contribution is -2.28. The number of amides is 2. The molecule has 0 spiro atoms. The number of hydrogen-bond acceptors (Lipinski definition) is 7. The molecule has 2 N–H and O–H groups in total. The van der Waals surface area contributed by atoms with Gasteiger partial charge in [-0.25, -0.2) is 4.99 Å². The number of amidine groups is 1. The Hall–Kier alpha value is -3.20. The summed E-state index contributed by atoms with van der Waals surface area (Å²) < 4.78 is 16.6. The number of fused-ring (bicyclic) bond motifs is 1. The fraction of sp³-hybridized carbons (Fsp3) is 0.318. The molecule has 0 radical (unpaired) electrons. The van der Waals surface area contributed by atoms with E-state index in [-0.39, 0.29) is 18.2 Å². The van der Waals surface area contributed by atoms with Crippen LogP contribution in [-0.4, -0.2) is 42.1 Å². The van der Waals surface area contributed by atoms with E-state index in [0.29, 0.717) is 47.9 Å². The lowest BCUT2D eigenvalue weighted by atomic mass is 10.2. The highest BCUT2D eigenvalue weighted by atomic mass is 32.2. The average Bonchev–Trinajstić information content (AvgIpc) is 3.11. The van der Waals surface area contributed by atoms with Gasteiger partial charge >= 0.3 is 0 Å². The highest BCUT2D eigenvalue weighted by Crippen LogP contribution is 2.34. The van der Waals surface area contributed by atoms with Gasteiger partial charge in [-0.15, -0.1) is 0 Å². The molecule has 0 aromatic heterocycles. The summed E-state index contributed by atoms with van der Waals surface area (Å²) in [5, 5.41) is 5.46. The SMILES string of the molecule is CCCOc1ccc(NC(=O)C[C@@H]2SC(=Nc3ccc4c(c3)OCCO4)NC2=O)cc1. The van der Waals surface area contributed by atoms with E-state index < -0.39 is 5.25 Å². The molecule has 4 rings (SSSR count). The Morgan fingerprint density at radius 3 is 2.74 bits per heavy atom. The van der Waals surface area contributed by atoms with Crippen LogP contribution in [0.2, 0.25) is 0 Å². The number of anilines is 1. The third-order valence-corrected chi connectivity index (χ3v) is 5.60. The molecule has 2 aromatic carbocycles. The normalized spacial score (nSPS) is 18.5. The first-order valence-corrected chi connectivity index (χ1v) is 11.0. The maximum atomic E-state index is 12.4. The Labute approximate surface area is 184 Å². The van der Waals surface area contributed by atoms with E-state index in [2.05, 4.69) is 15.6 Å². The van der Waals surface area contributed by atoms with E-state index in [1.54, 1.807) is 42.5 Å². The van der Waals surface area contributed by atoms with Crippen LogP contribution in [0.5, 0.6) is 17.2 Å². The molecule has 2 aliphatic heterocycles. The summed E-state index contributed by atoms with van der Waals surface area (Å²) in [5.74, 6) is 1.59. The minimum Gasteiger partial charge on any atom is -0.494 e. The van der Waals surface area contributed by atoms with Crippen LogP contribution in [0.15, 0.2) is 47.5 Å². The number of ether oxygens (including phenoxy) is 3. The second-order valence-electron chi connectivity index (χ2n) is 6.97. The van der Waals surface area contributed by atoms with Crippen molar-refractivity contribution in [2.75, 3.05) is 25.1 Å². The van der Waals surface area contributed by atoms with E-state index in [0.717, 1.165) is 12.2 Å². The Balaban J connectivity index is 1.33. The molecule has 0 bridgehead atoms. The lowest BCUT2D eigenvalue weighted by Gasteiger charge is -2.18. The topological polar surface area (TPSA) is 98.2 Å². The van der Waals surface area contributed by atoms with Crippen LogP contribution in [-0.2, 0) is 9.59 Å². The maximum absolute atomic E-state index is 12.4. The minimum atomic E-state index is -0.539. The van der Waals surface area contributed by atoms with Gasteiger partial charge in [0.25, 0.3) is 0 Å². The maximum Gasteiger partial charge on any atom is 0.240 e. The van der Waals surface area contributed by atoms with Gasteiger partial charge in [0.1, 0.15) is 24.2 Å². The van der Waals surface area contributed by atoms with Gasteiger partial charge in [0.15, 0.2) is 16.7 Å². The Morgan fingerprint density at radius 1 is 1.19 bits per heavy atom. The molecular formula is C22H23N3O5S. The summed E-state index contributed by atoms with van der Waals surface area (Å²) in [5.41, 5.74) is 1.30. The number of carbonyl (C=O) groups excluding carboxylic acids is 2. The molecule has 0 unspecified atom stereocenters.